The molecule has 8 heteroatoms. The summed E-state index contributed by atoms with van der Waals surface area (Å²) in [5.41, 5.74) is 3.57. The highest BCUT2D eigenvalue weighted by Gasteiger charge is 2.16. The summed E-state index contributed by atoms with van der Waals surface area (Å²) in [5, 5.41) is 0.655. The van der Waals surface area contributed by atoms with Crippen LogP contribution in [0.4, 0.5) is 0 Å². The standard InChI is InChI=1S/C21H26N4O3S/c1-12-9-22-16(14(3)19(12)28-6)10-24(5)17(26)7-8-25-11-23-20-18(21(25)27)13(2)15(4)29-20/h9,11H,7-8,10H2,1-6H3. The van der Waals surface area contributed by atoms with E-state index in [9.17, 15) is 9.59 Å². The summed E-state index contributed by atoms with van der Waals surface area (Å²) >= 11 is 1.52. The molecule has 0 N–H and O–H groups in total. The number of methoxy groups -OCH3 is 1. The predicted octanol–water partition coefficient (Wildman–Crippen LogP) is 3.14. The average Bonchev–Trinajstić information content (AvgIpc) is 2.98. The molecule has 154 valence electrons. The third kappa shape index (κ3) is 4.03. The number of carbonyl (C=O) groups is 1. The number of ether oxygens (including phenoxy) is 1. The molecular weight excluding hydrogens is 388 g/mol. The quantitative estimate of drug-likeness (QED) is 0.619. The third-order valence-corrected chi connectivity index (χ3v) is 6.40. The van der Waals surface area contributed by atoms with Crippen LogP contribution in [0.3, 0.4) is 0 Å². The molecule has 0 aromatic carbocycles. The minimum absolute atomic E-state index is 0.0593. The van der Waals surface area contributed by atoms with Crippen LogP contribution in [0.2, 0.25) is 0 Å². The van der Waals surface area contributed by atoms with E-state index in [4.69, 9.17) is 4.74 Å². The number of carbonyl (C=O) groups excluding carboxylic acids is 1. The Hall–Kier alpha value is -2.74. The third-order valence-electron chi connectivity index (χ3n) is 5.28. The lowest BCUT2D eigenvalue weighted by Gasteiger charge is -2.19. The smallest absolute Gasteiger partial charge is 0.262 e. The van der Waals surface area contributed by atoms with Crippen LogP contribution in [0.1, 0.15) is 33.7 Å². The van der Waals surface area contributed by atoms with Crippen LogP contribution in [0, 0.1) is 27.7 Å². The number of amides is 1. The van der Waals surface area contributed by atoms with E-state index < -0.39 is 0 Å². The van der Waals surface area contributed by atoms with Gasteiger partial charge >= 0.3 is 0 Å². The Balaban J connectivity index is 1.71. The van der Waals surface area contributed by atoms with Crippen molar-refractivity contribution in [3.8, 4) is 5.75 Å². The maximum absolute atomic E-state index is 12.8. The van der Waals surface area contributed by atoms with Gasteiger partial charge in [0.25, 0.3) is 5.56 Å². The van der Waals surface area contributed by atoms with Crippen LogP contribution in [-0.2, 0) is 17.9 Å². The molecule has 3 aromatic heterocycles. The van der Waals surface area contributed by atoms with Gasteiger partial charge in [0.15, 0.2) is 0 Å². The van der Waals surface area contributed by atoms with E-state index in [2.05, 4.69) is 9.97 Å². The van der Waals surface area contributed by atoms with Crippen LogP contribution < -0.4 is 10.3 Å². The van der Waals surface area contributed by atoms with E-state index >= 15 is 0 Å². The van der Waals surface area contributed by atoms with Gasteiger partial charge in [0.05, 0.1) is 31.1 Å². The van der Waals surface area contributed by atoms with Crippen molar-refractivity contribution in [2.45, 2.75) is 47.2 Å². The number of aromatic nitrogens is 3. The molecule has 0 saturated heterocycles. The van der Waals surface area contributed by atoms with Gasteiger partial charge in [-0.25, -0.2) is 4.98 Å². The number of nitrogens with zero attached hydrogens (tertiary/aromatic N) is 4. The fraction of sp³-hybridized carbons (Fsp3) is 0.429. The van der Waals surface area contributed by atoms with Crippen molar-refractivity contribution in [2.75, 3.05) is 14.2 Å². The van der Waals surface area contributed by atoms with Gasteiger partial charge in [-0.15, -0.1) is 11.3 Å². The second-order valence-electron chi connectivity index (χ2n) is 7.25. The molecule has 0 fully saturated rings. The fourth-order valence-electron chi connectivity index (χ4n) is 3.38. The minimum Gasteiger partial charge on any atom is -0.496 e. The molecule has 3 heterocycles. The van der Waals surface area contributed by atoms with Crippen molar-refractivity contribution in [3.05, 3.63) is 50.1 Å². The molecule has 0 unspecified atom stereocenters. The van der Waals surface area contributed by atoms with Crippen molar-refractivity contribution >= 4 is 27.5 Å². The topological polar surface area (TPSA) is 77.3 Å². The second kappa shape index (κ2) is 8.32. The number of hydrogen-bond acceptors (Lipinski definition) is 6. The Morgan fingerprint density at radius 3 is 2.62 bits per heavy atom. The number of fused-ring (bicyclic) bond motifs is 1. The highest BCUT2D eigenvalue weighted by molar-refractivity contribution is 7.18. The zero-order valence-electron chi connectivity index (χ0n) is 17.7. The van der Waals surface area contributed by atoms with Gasteiger partial charge in [-0.05, 0) is 33.3 Å². The Morgan fingerprint density at radius 1 is 1.21 bits per heavy atom. The van der Waals surface area contributed by atoms with E-state index in [1.54, 1.807) is 25.3 Å². The van der Waals surface area contributed by atoms with Gasteiger partial charge in [-0.1, -0.05) is 0 Å². The normalized spacial score (nSPS) is 11.1. The van der Waals surface area contributed by atoms with Crippen LogP contribution in [-0.4, -0.2) is 39.5 Å². The maximum atomic E-state index is 12.8. The number of rotatable bonds is 6. The Labute approximate surface area is 174 Å². The minimum atomic E-state index is -0.0897. The number of pyridine rings is 1. The first kappa shape index (κ1) is 21.0. The van der Waals surface area contributed by atoms with Gasteiger partial charge in [-0.3, -0.25) is 19.1 Å². The van der Waals surface area contributed by atoms with Crippen molar-refractivity contribution in [2.24, 2.45) is 0 Å². The van der Waals surface area contributed by atoms with E-state index in [0.29, 0.717) is 18.5 Å². The molecule has 0 bridgehead atoms. The molecule has 0 aliphatic carbocycles. The molecule has 3 rings (SSSR count). The SMILES string of the molecule is COc1c(C)cnc(CN(C)C(=O)CCn2cnc3sc(C)c(C)c3c2=O)c1C. The Kier molecular flexibility index (Phi) is 6.02. The lowest BCUT2D eigenvalue weighted by Crippen LogP contribution is -2.29. The average molecular weight is 415 g/mol. The Morgan fingerprint density at radius 2 is 1.93 bits per heavy atom. The molecule has 0 saturated carbocycles. The van der Waals surface area contributed by atoms with Crippen LogP contribution >= 0.6 is 11.3 Å². The van der Waals surface area contributed by atoms with E-state index in [1.807, 2.05) is 27.7 Å². The van der Waals surface area contributed by atoms with Gasteiger partial charge < -0.3 is 9.64 Å². The van der Waals surface area contributed by atoms with Gasteiger partial charge in [0.2, 0.25) is 5.91 Å². The van der Waals surface area contributed by atoms with Crippen LogP contribution in [0.25, 0.3) is 10.2 Å². The molecule has 1 amide bonds. The molecule has 0 spiro atoms. The zero-order valence-corrected chi connectivity index (χ0v) is 18.5. The first-order chi connectivity index (χ1) is 13.7. The molecule has 0 atom stereocenters. The molecule has 0 aliphatic rings. The zero-order chi connectivity index (χ0) is 21.3. The lowest BCUT2D eigenvalue weighted by atomic mass is 10.1. The summed E-state index contributed by atoms with van der Waals surface area (Å²) in [5.74, 6) is 0.735. The van der Waals surface area contributed by atoms with Crippen molar-refractivity contribution < 1.29 is 9.53 Å². The first-order valence-corrected chi connectivity index (χ1v) is 10.2. The molecule has 7 nitrogen and oxygen atoms in total. The van der Waals surface area contributed by atoms with Crippen molar-refractivity contribution in [1.29, 1.82) is 0 Å². The highest BCUT2D eigenvalue weighted by atomic mass is 32.1. The second-order valence-corrected chi connectivity index (χ2v) is 8.46. The molecule has 29 heavy (non-hydrogen) atoms. The van der Waals surface area contributed by atoms with Gasteiger partial charge in [-0.2, -0.15) is 0 Å². The largest absolute Gasteiger partial charge is 0.496 e. The number of thiophene rings is 1. The summed E-state index contributed by atoms with van der Waals surface area (Å²) in [6, 6.07) is 0. The maximum Gasteiger partial charge on any atom is 0.262 e. The fourth-order valence-corrected chi connectivity index (χ4v) is 4.37. The molecule has 0 radical (unpaired) electrons. The molecule has 3 aromatic rings. The van der Waals surface area contributed by atoms with Gasteiger partial charge in [0, 0.05) is 42.2 Å². The van der Waals surface area contributed by atoms with Crippen LogP contribution in [0.5, 0.6) is 5.75 Å². The van der Waals surface area contributed by atoms with E-state index in [-0.39, 0.29) is 17.9 Å². The Bertz CT molecular complexity index is 1130. The van der Waals surface area contributed by atoms with E-state index in [1.165, 1.54) is 22.2 Å². The van der Waals surface area contributed by atoms with Gasteiger partial charge in [0.1, 0.15) is 10.6 Å². The summed E-state index contributed by atoms with van der Waals surface area (Å²) in [7, 11) is 3.37. The highest BCUT2D eigenvalue weighted by Crippen LogP contribution is 2.26. The summed E-state index contributed by atoms with van der Waals surface area (Å²) in [6.07, 6.45) is 3.50. The first-order valence-electron chi connectivity index (χ1n) is 9.42. The van der Waals surface area contributed by atoms with Crippen LogP contribution in [0.15, 0.2) is 17.3 Å². The summed E-state index contributed by atoms with van der Waals surface area (Å²) in [4.78, 5) is 37.7. The van der Waals surface area contributed by atoms with E-state index in [0.717, 1.165) is 37.8 Å². The number of aryl methyl sites for hydroxylation is 4. The predicted molar refractivity (Wildman–Crippen MR) is 115 cm³/mol. The monoisotopic (exact) mass is 414 g/mol. The molecule has 0 aliphatic heterocycles. The van der Waals surface area contributed by atoms with Crippen molar-refractivity contribution in [1.82, 2.24) is 19.4 Å². The number of hydrogen-bond donors (Lipinski definition) is 0. The summed E-state index contributed by atoms with van der Waals surface area (Å²) in [6.45, 7) is 8.49. The van der Waals surface area contributed by atoms with Crippen molar-refractivity contribution in [3.63, 3.8) is 0 Å². The lowest BCUT2D eigenvalue weighted by molar-refractivity contribution is -0.130. The molecular formula is C21H26N4O3S. The summed E-state index contributed by atoms with van der Waals surface area (Å²) < 4.78 is 6.96.